The van der Waals surface area contributed by atoms with Gasteiger partial charge in [-0.15, -0.1) is 12.4 Å². The van der Waals surface area contributed by atoms with Crippen LogP contribution < -0.4 is 14.9 Å². The molecule has 6 nitrogen and oxygen atoms in total. The molecule has 0 fully saturated rings. The largest absolute Gasteiger partial charge is 0.376 e. The summed E-state index contributed by atoms with van der Waals surface area (Å²) in [5, 5.41) is 5.62. The lowest BCUT2D eigenvalue weighted by atomic mass is 10.1. The number of rotatable bonds is 5. The van der Waals surface area contributed by atoms with Crippen LogP contribution in [-0.4, -0.2) is 33.8 Å². The van der Waals surface area contributed by atoms with E-state index in [1.54, 1.807) is 6.07 Å². The molecule has 2 N–H and O–H groups in total. The lowest BCUT2D eigenvalue weighted by Crippen LogP contribution is -2.14. The van der Waals surface area contributed by atoms with Crippen molar-refractivity contribution in [3.63, 3.8) is 0 Å². The summed E-state index contributed by atoms with van der Waals surface area (Å²) >= 11 is 0. The van der Waals surface area contributed by atoms with Gasteiger partial charge in [-0.05, 0) is 30.3 Å². The van der Waals surface area contributed by atoms with Crippen molar-refractivity contribution in [2.24, 2.45) is 0 Å². The number of sulfonamides is 1. The second-order valence-corrected chi connectivity index (χ2v) is 8.90. The molecule has 0 aliphatic heterocycles. The van der Waals surface area contributed by atoms with Gasteiger partial charge in [-0.2, -0.15) is 0 Å². The quantitative estimate of drug-likeness (QED) is 0.426. The van der Waals surface area contributed by atoms with Crippen LogP contribution in [0.5, 0.6) is 0 Å². The molecule has 8 heteroatoms. The number of pyridine rings is 1. The Morgan fingerprint density at radius 2 is 1.43 bits per heavy atom. The second kappa shape index (κ2) is 8.38. The van der Waals surface area contributed by atoms with Crippen molar-refractivity contribution in [3.05, 3.63) is 66.7 Å². The molecule has 0 spiro atoms. The van der Waals surface area contributed by atoms with Crippen molar-refractivity contribution in [2.75, 3.05) is 35.3 Å². The molecule has 4 rings (SSSR count). The molecule has 0 aliphatic carbocycles. The molecule has 4 aromatic rings. The van der Waals surface area contributed by atoms with Gasteiger partial charge in [0.2, 0.25) is 10.0 Å². The molecule has 1 aromatic heterocycles. The van der Waals surface area contributed by atoms with Crippen LogP contribution in [0.1, 0.15) is 0 Å². The van der Waals surface area contributed by atoms with Gasteiger partial charge in [0, 0.05) is 24.9 Å². The third-order valence-electron chi connectivity index (χ3n) is 4.63. The monoisotopic (exact) mass is 442 g/mol. The SMILES string of the molecule is CN(C)c1cc(NS(C)(=O)=O)ccc1Nc1c2ccccc2nc2ccccc12.Cl. The molecule has 0 atom stereocenters. The van der Waals surface area contributed by atoms with Gasteiger partial charge in [-0.25, -0.2) is 13.4 Å². The van der Waals surface area contributed by atoms with Crippen molar-refractivity contribution in [2.45, 2.75) is 0 Å². The zero-order valence-corrected chi connectivity index (χ0v) is 18.5. The standard InChI is InChI=1S/C22H22N4O2S.ClH/c1-26(2)21-14-15(25-29(3,27)28)12-13-20(21)24-22-16-8-4-6-10-18(16)23-19-11-7-5-9-17(19)22;/h4-14,25H,1-3H3,(H,23,24);1H. The van der Waals surface area contributed by atoms with Gasteiger partial charge in [-0.3, -0.25) is 4.72 Å². The van der Waals surface area contributed by atoms with Crippen LogP contribution in [0.3, 0.4) is 0 Å². The molecule has 0 saturated heterocycles. The van der Waals surface area contributed by atoms with E-state index in [0.29, 0.717) is 5.69 Å². The molecule has 3 aromatic carbocycles. The zero-order chi connectivity index (χ0) is 20.6. The van der Waals surface area contributed by atoms with Gasteiger partial charge in [0.05, 0.1) is 40.0 Å². The Kier molecular flexibility index (Phi) is 6.05. The molecule has 0 amide bonds. The second-order valence-electron chi connectivity index (χ2n) is 7.15. The van der Waals surface area contributed by atoms with E-state index in [1.165, 1.54) is 0 Å². The molecule has 30 heavy (non-hydrogen) atoms. The summed E-state index contributed by atoms with van der Waals surface area (Å²) in [6.45, 7) is 0. The fourth-order valence-corrected chi connectivity index (χ4v) is 3.95. The van der Waals surface area contributed by atoms with Gasteiger partial charge in [0.25, 0.3) is 0 Å². The minimum absolute atomic E-state index is 0. The third-order valence-corrected chi connectivity index (χ3v) is 5.24. The summed E-state index contributed by atoms with van der Waals surface area (Å²) in [6.07, 6.45) is 1.14. The number of para-hydroxylation sites is 2. The normalized spacial score (nSPS) is 11.2. The van der Waals surface area contributed by atoms with Gasteiger partial charge in [-0.1, -0.05) is 36.4 Å². The summed E-state index contributed by atoms with van der Waals surface area (Å²) in [7, 11) is 0.502. The molecule has 1 heterocycles. The van der Waals surface area contributed by atoms with Crippen LogP contribution in [0.25, 0.3) is 21.8 Å². The van der Waals surface area contributed by atoms with Crippen LogP contribution in [0.15, 0.2) is 66.7 Å². The van der Waals surface area contributed by atoms with Gasteiger partial charge >= 0.3 is 0 Å². The lowest BCUT2D eigenvalue weighted by molar-refractivity contribution is 0.607. The highest BCUT2D eigenvalue weighted by molar-refractivity contribution is 7.92. The van der Waals surface area contributed by atoms with Crippen molar-refractivity contribution < 1.29 is 8.42 Å². The van der Waals surface area contributed by atoms with E-state index >= 15 is 0 Å². The van der Waals surface area contributed by atoms with Gasteiger partial charge < -0.3 is 10.2 Å². The van der Waals surface area contributed by atoms with Crippen LogP contribution >= 0.6 is 12.4 Å². The fraction of sp³-hybridized carbons (Fsp3) is 0.136. The average molecular weight is 443 g/mol. The summed E-state index contributed by atoms with van der Waals surface area (Å²) in [6, 6.07) is 21.5. The maximum Gasteiger partial charge on any atom is 0.229 e. The number of halogens is 1. The Morgan fingerprint density at radius 1 is 0.867 bits per heavy atom. The van der Waals surface area contributed by atoms with Crippen LogP contribution in [0, 0.1) is 0 Å². The van der Waals surface area contributed by atoms with E-state index in [0.717, 1.165) is 45.1 Å². The molecule has 0 unspecified atom stereocenters. The Labute approximate surface area is 182 Å². The summed E-state index contributed by atoms with van der Waals surface area (Å²) < 4.78 is 25.7. The van der Waals surface area contributed by atoms with E-state index in [9.17, 15) is 8.42 Å². The van der Waals surface area contributed by atoms with E-state index < -0.39 is 10.0 Å². The number of anilines is 4. The Hall–Kier alpha value is -3.03. The highest BCUT2D eigenvalue weighted by Crippen LogP contribution is 2.37. The number of hydrogen-bond acceptors (Lipinski definition) is 5. The van der Waals surface area contributed by atoms with Crippen molar-refractivity contribution in [3.8, 4) is 0 Å². The first-order valence-corrected chi connectivity index (χ1v) is 11.0. The number of nitrogens with one attached hydrogen (secondary N) is 2. The number of aromatic nitrogens is 1. The van der Waals surface area contributed by atoms with Crippen LogP contribution in [0.4, 0.5) is 22.7 Å². The molecule has 0 aliphatic rings. The topological polar surface area (TPSA) is 74.3 Å². The lowest BCUT2D eigenvalue weighted by Gasteiger charge is -2.21. The average Bonchev–Trinajstić information content (AvgIpc) is 2.67. The minimum Gasteiger partial charge on any atom is -0.376 e. The van der Waals surface area contributed by atoms with Crippen molar-refractivity contribution >= 4 is 67.0 Å². The van der Waals surface area contributed by atoms with E-state index in [-0.39, 0.29) is 12.4 Å². The molecule has 0 bridgehead atoms. The third kappa shape index (κ3) is 4.42. The Bertz CT molecular complexity index is 1270. The smallest absolute Gasteiger partial charge is 0.229 e. The van der Waals surface area contributed by atoms with E-state index in [1.807, 2.05) is 79.7 Å². The predicted octanol–water partition coefficient (Wildman–Crippen LogP) is 4.99. The number of benzene rings is 3. The first-order valence-electron chi connectivity index (χ1n) is 9.15. The molecule has 0 saturated carbocycles. The molecule has 156 valence electrons. The minimum atomic E-state index is -3.35. The molecular weight excluding hydrogens is 420 g/mol. The highest BCUT2D eigenvalue weighted by Gasteiger charge is 2.13. The summed E-state index contributed by atoms with van der Waals surface area (Å²) in [5.41, 5.74) is 5.05. The maximum atomic E-state index is 11.6. The van der Waals surface area contributed by atoms with Crippen LogP contribution in [0.2, 0.25) is 0 Å². The fourth-order valence-electron chi connectivity index (χ4n) is 3.39. The summed E-state index contributed by atoms with van der Waals surface area (Å²) in [4.78, 5) is 6.71. The van der Waals surface area contributed by atoms with E-state index in [4.69, 9.17) is 4.98 Å². The van der Waals surface area contributed by atoms with E-state index in [2.05, 4.69) is 10.0 Å². The summed E-state index contributed by atoms with van der Waals surface area (Å²) in [5.74, 6) is 0. The maximum absolute atomic E-state index is 11.6. The van der Waals surface area contributed by atoms with Crippen molar-refractivity contribution in [1.29, 1.82) is 0 Å². The van der Waals surface area contributed by atoms with Gasteiger partial charge in [0.1, 0.15) is 0 Å². The number of hydrogen-bond donors (Lipinski definition) is 2. The van der Waals surface area contributed by atoms with Gasteiger partial charge in [0.15, 0.2) is 0 Å². The Morgan fingerprint density at radius 3 is 1.97 bits per heavy atom. The molecule has 0 radical (unpaired) electrons. The van der Waals surface area contributed by atoms with Crippen molar-refractivity contribution in [1.82, 2.24) is 4.98 Å². The Balaban J connectivity index is 0.00000256. The first kappa shape index (κ1) is 21.7. The van der Waals surface area contributed by atoms with Crippen LogP contribution in [-0.2, 0) is 10.0 Å². The predicted molar refractivity (Wildman–Crippen MR) is 129 cm³/mol. The highest BCUT2D eigenvalue weighted by atomic mass is 35.5. The number of nitrogens with zero attached hydrogens (tertiary/aromatic N) is 2. The first-order chi connectivity index (χ1) is 13.8. The number of fused-ring (bicyclic) bond motifs is 2. The zero-order valence-electron chi connectivity index (χ0n) is 16.9. The molecular formula is C22H23ClN4O2S.